The minimum atomic E-state index is -2.16. The van der Waals surface area contributed by atoms with Crippen LogP contribution in [0.4, 0.5) is 11.6 Å². The first-order valence-corrected chi connectivity index (χ1v) is 8.02. The molecule has 27 heavy (non-hydrogen) atoms. The molecule has 1 aromatic heterocycles. The predicted molar refractivity (Wildman–Crippen MR) is 94.6 cm³/mol. The van der Waals surface area contributed by atoms with Crippen molar-refractivity contribution < 1.29 is 14.5 Å². The topological polar surface area (TPSA) is 165 Å². The highest BCUT2D eigenvalue weighted by Crippen LogP contribution is 2.34. The van der Waals surface area contributed by atoms with E-state index >= 15 is 0 Å². The second-order valence-electron chi connectivity index (χ2n) is 5.63. The van der Waals surface area contributed by atoms with Crippen LogP contribution < -0.4 is 11.3 Å². The number of nitro groups is 1. The number of hydrogen-bond donors (Lipinski definition) is 2. The van der Waals surface area contributed by atoms with E-state index in [1.54, 1.807) is 36.4 Å². The summed E-state index contributed by atoms with van der Waals surface area (Å²) in [6.45, 7) is 1.48. The predicted octanol–water partition coefficient (Wildman–Crippen LogP) is 1.22. The zero-order valence-corrected chi connectivity index (χ0v) is 14.5. The van der Waals surface area contributed by atoms with Gasteiger partial charge in [-0.1, -0.05) is 30.3 Å². The lowest BCUT2D eigenvalue weighted by atomic mass is 9.79. The third-order valence-corrected chi connectivity index (χ3v) is 3.95. The molecule has 1 heterocycles. The number of aromatic amines is 1. The van der Waals surface area contributed by atoms with Gasteiger partial charge in [0, 0.05) is 0 Å². The zero-order valence-electron chi connectivity index (χ0n) is 14.5. The van der Waals surface area contributed by atoms with Crippen molar-refractivity contribution in [1.29, 1.82) is 5.26 Å². The van der Waals surface area contributed by atoms with Gasteiger partial charge in [-0.25, -0.2) is 9.78 Å². The van der Waals surface area contributed by atoms with Crippen molar-refractivity contribution in [2.24, 2.45) is 0 Å². The highest BCUT2D eigenvalue weighted by atomic mass is 16.6. The fourth-order valence-electron chi connectivity index (χ4n) is 2.65. The van der Waals surface area contributed by atoms with E-state index in [1.807, 2.05) is 4.98 Å². The van der Waals surface area contributed by atoms with Crippen molar-refractivity contribution >= 4 is 17.6 Å². The molecule has 0 aliphatic heterocycles. The molecule has 0 saturated heterocycles. The molecule has 10 nitrogen and oxygen atoms in total. The van der Waals surface area contributed by atoms with Gasteiger partial charge in [0.1, 0.15) is 0 Å². The van der Waals surface area contributed by atoms with Crippen LogP contribution in [0.1, 0.15) is 24.6 Å². The number of ether oxygens (including phenoxy) is 1. The van der Waals surface area contributed by atoms with Gasteiger partial charge in [-0.05, 0) is 25.3 Å². The van der Waals surface area contributed by atoms with E-state index in [1.165, 1.54) is 6.92 Å². The van der Waals surface area contributed by atoms with Crippen LogP contribution in [0.25, 0.3) is 0 Å². The Kier molecular flexibility index (Phi) is 5.87. The van der Waals surface area contributed by atoms with Crippen molar-refractivity contribution in [3.05, 3.63) is 62.1 Å². The molecule has 10 heteroatoms. The van der Waals surface area contributed by atoms with Gasteiger partial charge in [-0.3, -0.25) is 19.9 Å². The van der Waals surface area contributed by atoms with Crippen LogP contribution in [0, 0.1) is 21.4 Å². The standard InChI is InChI=1S/C17H17N5O5/c1-2-27-15(24)17(10-18,9-8-11-6-4-3-5-7-11)13-12(22(25)26)14(23)21-16(19)20-13/h3-7H,2,8-9H2,1H3,(H3,19,20,21,23). The van der Waals surface area contributed by atoms with E-state index in [9.17, 15) is 25.0 Å². The molecule has 0 fully saturated rings. The summed E-state index contributed by atoms with van der Waals surface area (Å²) in [5.41, 5.74) is 1.37. The number of esters is 1. The molecule has 1 atom stereocenters. The number of carbonyl (C=O) groups is 1. The maximum atomic E-state index is 12.7. The number of carbonyl (C=O) groups excluding carboxylic acids is 1. The highest BCUT2D eigenvalue weighted by molar-refractivity contribution is 5.87. The van der Waals surface area contributed by atoms with E-state index in [0.717, 1.165) is 5.56 Å². The van der Waals surface area contributed by atoms with Crippen LogP contribution in [-0.2, 0) is 21.4 Å². The number of nitriles is 1. The summed E-state index contributed by atoms with van der Waals surface area (Å²) in [4.78, 5) is 40.9. The molecule has 2 rings (SSSR count). The molecular weight excluding hydrogens is 354 g/mol. The maximum absolute atomic E-state index is 12.7. The zero-order chi connectivity index (χ0) is 20.0. The van der Waals surface area contributed by atoms with Gasteiger partial charge in [0.2, 0.25) is 11.4 Å². The van der Waals surface area contributed by atoms with Gasteiger partial charge in [-0.15, -0.1) is 0 Å². The first-order valence-electron chi connectivity index (χ1n) is 8.02. The quantitative estimate of drug-likeness (QED) is 0.416. The van der Waals surface area contributed by atoms with Gasteiger partial charge < -0.3 is 10.5 Å². The molecule has 0 aliphatic carbocycles. The normalized spacial score (nSPS) is 12.6. The Hall–Kier alpha value is -3.74. The monoisotopic (exact) mass is 371 g/mol. The van der Waals surface area contributed by atoms with E-state index in [0.29, 0.717) is 0 Å². The second-order valence-corrected chi connectivity index (χ2v) is 5.63. The Morgan fingerprint density at radius 1 is 1.44 bits per heavy atom. The lowest BCUT2D eigenvalue weighted by molar-refractivity contribution is -0.387. The lowest BCUT2D eigenvalue weighted by Crippen LogP contribution is -2.40. The molecule has 3 N–H and O–H groups in total. The summed E-state index contributed by atoms with van der Waals surface area (Å²) < 4.78 is 4.98. The third-order valence-electron chi connectivity index (χ3n) is 3.95. The molecule has 0 bridgehead atoms. The Balaban J connectivity index is 2.66. The van der Waals surface area contributed by atoms with E-state index in [2.05, 4.69) is 4.98 Å². The number of nitrogen functional groups attached to an aromatic ring is 1. The van der Waals surface area contributed by atoms with Crippen LogP contribution in [0.15, 0.2) is 35.1 Å². The molecule has 0 amide bonds. The SMILES string of the molecule is CCOC(=O)C(C#N)(CCc1ccccc1)c1nc(N)[nH]c(=O)c1[N+](=O)[O-]. The first kappa shape index (κ1) is 19.6. The van der Waals surface area contributed by atoms with Crippen LogP contribution >= 0.6 is 0 Å². The summed E-state index contributed by atoms with van der Waals surface area (Å²) in [7, 11) is 0. The second kappa shape index (κ2) is 8.09. The number of H-pyrrole nitrogens is 1. The summed E-state index contributed by atoms with van der Waals surface area (Å²) in [5, 5.41) is 21.2. The fraction of sp³-hybridized carbons (Fsp3) is 0.294. The maximum Gasteiger partial charge on any atom is 0.357 e. The van der Waals surface area contributed by atoms with E-state index < -0.39 is 39.2 Å². The van der Waals surface area contributed by atoms with E-state index in [-0.39, 0.29) is 19.4 Å². The van der Waals surface area contributed by atoms with Crippen LogP contribution in [0.3, 0.4) is 0 Å². The molecule has 0 aliphatic rings. The van der Waals surface area contributed by atoms with Crippen molar-refractivity contribution in [3.8, 4) is 6.07 Å². The Morgan fingerprint density at radius 2 is 2.11 bits per heavy atom. The number of rotatable bonds is 7. The molecule has 0 radical (unpaired) electrons. The van der Waals surface area contributed by atoms with Crippen LogP contribution in [0.5, 0.6) is 0 Å². The molecule has 1 aromatic carbocycles. The van der Waals surface area contributed by atoms with Gasteiger partial charge in [-0.2, -0.15) is 5.26 Å². The minimum Gasteiger partial charge on any atom is -0.464 e. The molecule has 0 saturated carbocycles. The van der Waals surface area contributed by atoms with Gasteiger partial charge in [0.05, 0.1) is 17.6 Å². The Morgan fingerprint density at radius 3 is 2.67 bits per heavy atom. The smallest absolute Gasteiger partial charge is 0.357 e. The largest absolute Gasteiger partial charge is 0.464 e. The average Bonchev–Trinajstić information content (AvgIpc) is 2.63. The highest BCUT2D eigenvalue weighted by Gasteiger charge is 2.49. The summed E-state index contributed by atoms with van der Waals surface area (Å²) in [6, 6.07) is 10.7. The van der Waals surface area contributed by atoms with Crippen molar-refractivity contribution in [2.45, 2.75) is 25.2 Å². The Bertz CT molecular complexity index is 950. The number of anilines is 1. The number of nitrogens with zero attached hydrogens (tertiary/aromatic N) is 3. The van der Waals surface area contributed by atoms with Gasteiger partial charge in [0.25, 0.3) is 0 Å². The van der Waals surface area contributed by atoms with Gasteiger partial charge in [0.15, 0.2) is 5.69 Å². The van der Waals surface area contributed by atoms with Crippen LogP contribution in [0.2, 0.25) is 0 Å². The average molecular weight is 371 g/mol. The molecular formula is C17H17N5O5. The summed E-state index contributed by atoms with van der Waals surface area (Å²) >= 11 is 0. The summed E-state index contributed by atoms with van der Waals surface area (Å²) in [5.74, 6) is -1.46. The van der Waals surface area contributed by atoms with Crippen molar-refractivity contribution in [3.63, 3.8) is 0 Å². The number of aryl methyl sites for hydroxylation is 1. The number of hydrogen-bond acceptors (Lipinski definition) is 8. The lowest BCUT2D eigenvalue weighted by Gasteiger charge is -2.23. The Labute approximate surface area is 153 Å². The van der Waals surface area contributed by atoms with Crippen molar-refractivity contribution in [2.75, 3.05) is 12.3 Å². The molecule has 1 unspecified atom stereocenters. The number of benzene rings is 1. The van der Waals surface area contributed by atoms with E-state index in [4.69, 9.17) is 10.5 Å². The van der Waals surface area contributed by atoms with Gasteiger partial charge >= 0.3 is 17.2 Å². The molecule has 140 valence electrons. The number of nitrogens with one attached hydrogen (secondary N) is 1. The molecule has 2 aromatic rings. The summed E-state index contributed by atoms with van der Waals surface area (Å²) in [6.07, 6.45) is 0.0435. The van der Waals surface area contributed by atoms with Crippen molar-refractivity contribution in [1.82, 2.24) is 9.97 Å². The van der Waals surface area contributed by atoms with Crippen LogP contribution in [-0.4, -0.2) is 27.5 Å². The molecule has 0 spiro atoms. The third kappa shape index (κ3) is 3.92. The fourth-order valence-corrected chi connectivity index (χ4v) is 2.65. The minimum absolute atomic E-state index is 0.0555. The first-order chi connectivity index (χ1) is 12.9. The number of aromatic nitrogens is 2. The number of nitrogens with two attached hydrogens (primary N) is 1.